The first-order valence-electron chi connectivity index (χ1n) is 9.88. The van der Waals surface area contributed by atoms with Crippen LogP contribution >= 0.6 is 15.9 Å². The number of carbonyl (C=O) groups excluding carboxylic acids is 1. The number of hydrogen-bond donors (Lipinski definition) is 2. The van der Waals surface area contributed by atoms with Gasteiger partial charge in [-0.3, -0.25) is 9.10 Å². The van der Waals surface area contributed by atoms with Crippen molar-refractivity contribution in [1.29, 1.82) is 0 Å². The molecule has 164 valence electrons. The fraction of sp³-hybridized carbons (Fsp3) is 0.333. The summed E-state index contributed by atoms with van der Waals surface area (Å²) in [5.41, 5.74) is 2.97. The van der Waals surface area contributed by atoms with E-state index in [1.807, 2.05) is 30.3 Å². The van der Waals surface area contributed by atoms with Gasteiger partial charge in [-0.25, -0.2) is 13.1 Å². The quantitative estimate of drug-likeness (QED) is 0.512. The minimum Gasteiger partial charge on any atom is -0.394 e. The van der Waals surface area contributed by atoms with Gasteiger partial charge in [-0.2, -0.15) is 5.10 Å². The SMILES string of the molecule is CNC(=O)c1c2cc(C3CC3)c(N(CCO)S(C)(=O)=O)cc2nn1-c1ccc(Br)cc1. The van der Waals surface area contributed by atoms with Gasteiger partial charge in [0.2, 0.25) is 10.0 Å². The number of carbonyl (C=O) groups is 1. The van der Waals surface area contributed by atoms with Gasteiger partial charge in [0.1, 0.15) is 5.69 Å². The van der Waals surface area contributed by atoms with Crippen LogP contribution in [-0.4, -0.2) is 55.7 Å². The molecule has 2 aromatic carbocycles. The number of hydrogen-bond acceptors (Lipinski definition) is 5. The summed E-state index contributed by atoms with van der Waals surface area (Å²) in [7, 11) is -2.04. The highest BCUT2D eigenvalue weighted by Crippen LogP contribution is 2.46. The van der Waals surface area contributed by atoms with Crippen LogP contribution < -0.4 is 9.62 Å². The van der Waals surface area contributed by atoms with Crippen LogP contribution in [0.25, 0.3) is 16.6 Å². The average Bonchev–Trinajstić information content (AvgIpc) is 3.51. The van der Waals surface area contributed by atoms with Gasteiger partial charge in [-0.1, -0.05) is 15.9 Å². The molecule has 0 atom stereocenters. The summed E-state index contributed by atoms with van der Waals surface area (Å²) in [5.74, 6) is -0.0637. The van der Waals surface area contributed by atoms with E-state index in [4.69, 9.17) is 0 Å². The molecule has 1 aliphatic carbocycles. The molecule has 31 heavy (non-hydrogen) atoms. The third-order valence-corrected chi connectivity index (χ3v) is 7.03. The van der Waals surface area contributed by atoms with E-state index in [0.29, 0.717) is 28.0 Å². The maximum Gasteiger partial charge on any atom is 0.270 e. The standard InChI is InChI=1S/C21H23BrN4O4S/c1-23-21(28)20-17-11-16(13-3-4-13)19(25(9-10-27)31(2,29)30)12-18(17)24-26(20)15-7-5-14(22)6-8-15/h5-8,11-13,27H,3-4,9-10H2,1-2H3,(H,23,28). The van der Waals surface area contributed by atoms with E-state index in [9.17, 15) is 18.3 Å². The second kappa shape index (κ2) is 8.25. The summed E-state index contributed by atoms with van der Waals surface area (Å²) in [6.07, 6.45) is 3.02. The first kappa shape index (κ1) is 21.8. The Bertz CT molecular complexity index is 1250. The van der Waals surface area contributed by atoms with Crippen LogP contribution in [0.3, 0.4) is 0 Å². The molecular weight excluding hydrogens is 484 g/mol. The van der Waals surface area contributed by atoms with Gasteiger partial charge in [0.25, 0.3) is 5.91 Å². The molecule has 3 aromatic rings. The highest BCUT2D eigenvalue weighted by atomic mass is 79.9. The predicted octanol–water partition coefficient (Wildman–Crippen LogP) is 2.78. The van der Waals surface area contributed by atoms with Gasteiger partial charge in [-0.15, -0.1) is 0 Å². The summed E-state index contributed by atoms with van der Waals surface area (Å²) in [5, 5.41) is 17.4. The predicted molar refractivity (Wildman–Crippen MR) is 123 cm³/mol. The molecule has 1 aliphatic rings. The number of aliphatic hydroxyl groups excluding tert-OH is 1. The molecular formula is C21H23BrN4O4S. The molecule has 0 radical (unpaired) electrons. The zero-order valence-electron chi connectivity index (χ0n) is 17.2. The van der Waals surface area contributed by atoms with Crippen LogP contribution in [0.1, 0.15) is 34.8 Å². The van der Waals surface area contributed by atoms with E-state index in [-0.39, 0.29) is 25.0 Å². The number of halogens is 1. The number of sulfonamides is 1. The number of aromatic nitrogens is 2. The van der Waals surface area contributed by atoms with Crippen LogP contribution in [0.15, 0.2) is 40.9 Å². The monoisotopic (exact) mass is 506 g/mol. The summed E-state index contributed by atoms with van der Waals surface area (Å²) < 4.78 is 28.6. The molecule has 1 amide bonds. The fourth-order valence-electron chi connectivity index (χ4n) is 3.74. The molecule has 10 heteroatoms. The highest BCUT2D eigenvalue weighted by Gasteiger charge is 2.32. The average molecular weight is 507 g/mol. The Balaban J connectivity index is 2.00. The van der Waals surface area contributed by atoms with Crippen molar-refractivity contribution < 1.29 is 18.3 Å². The molecule has 1 heterocycles. The number of nitrogens with zero attached hydrogens (tertiary/aromatic N) is 3. The Morgan fingerprint density at radius 2 is 1.97 bits per heavy atom. The highest BCUT2D eigenvalue weighted by molar-refractivity contribution is 9.10. The Kier molecular flexibility index (Phi) is 5.80. The van der Waals surface area contributed by atoms with E-state index in [1.54, 1.807) is 17.8 Å². The minimum absolute atomic E-state index is 0.0419. The van der Waals surface area contributed by atoms with Crippen molar-refractivity contribution in [3.05, 3.63) is 52.1 Å². The molecule has 8 nitrogen and oxygen atoms in total. The fourth-order valence-corrected chi connectivity index (χ4v) is 4.93. The molecule has 0 unspecified atom stereocenters. The van der Waals surface area contributed by atoms with Crippen LogP contribution in [0.4, 0.5) is 5.69 Å². The summed E-state index contributed by atoms with van der Waals surface area (Å²) >= 11 is 3.41. The van der Waals surface area contributed by atoms with Gasteiger partial charge in [0.15, 0.2) is 0 Å². The third-order valence-electron chi connectivity index (χ3n) is 5.32. The minimum atomic E-state index is -3.60. The van der Waals surface area contributed by atoms with Gasteiger partial charge in [0.05, 0.1) is 36.3 Å². The van der Waals surface area contributed by atoms with E-state index in [1.165, 1.54) is 4.31 Å². The number of rotatable bonds is 7. The van der Waals surface area contributed by atoms with Gasteiger partial charge < -0.3 is 10.4 Å². The summed E-state index contributed by atoms with van der Waals surface area (Å²) in [4.78, 5) is 12.8. The molecule has 4 rings (SSSR count). The van der Waals surface area contributed by atoms with Crippen molar-refractivity contribution in [3.8, 4) is 5.69 Å². The molecule has 0 spiro atoms. The second-order valence-corrected chi connectivity index (χ2v) is 10.4. The first-order valence-corrected chi connectivity index (χ1v) is 12.5. The van der Waals surface area contributed by atoms with Crippen molar-refractivity contribution in [2.75, 3.05) is 30.8 Å². The maximum atomic E-state index is 12.8. The molecule has 1 fully saturated rings. The number of fused-ring (bicyclic) bond motifs is 1. The van der Waals surface area contributed by atoms with Crippen LogP contribution in [0, 0.1) is 0 Å². The number of nitrogens with one attached hydrogen (secondary N) is 1. The third kappa shape index (κ3) is 4.19. The first-order chi connectivity index (χ1) is 14.7. The molecule has 0 aliphatic heterocycles. The van der Waals surface area contributed by atoms with Crippen LogP contribution in [0.2, 0.25) is 0 Å². The van der Waals surface area contributed by atoms with Gasteiger partial charge >= 0.3 is 0 Å². The lowest BCUT2D eigenvalue weighted by atomic mass is 10.0. The Morgan fingerprint density at radius 3 is 2.52 bits per heavy atom. The van der Waals surface area contributed by atoms with Gasteiger partial charge in [-0.05, 0) is 60.7 Å². The topological polar surface area (TPSA) is 105 Å². The van der Waals surface area contributed by atoms with E-state index in [0.717, 1.165) is 29.1 Å². The molecule has 1 aromatic heterocycles. The van der Waals surface area contributed by atoms with E-state index in [2.05, 4.69) is 26.3 Å². The number of benzene rings is 2. The zero-order chi connectivity index (χ0) is 22.3. The molecule has 0 bridgehead atoms. The van der Waals surface area contributed by atoms with Crippen molar-refractivity contribution in [2.24, 2.45) is 0 Å². The van der Waals surface area contributed by atoms with Crippen LogP contribution in [-0.2, 0) is 10.0 Å². The van der Waals surface area contributed by atoms with E-state index >= 15 is 0 Å². The van der Waals surface area contributed by atoms with Crippen molar-refractivity contribution >= 4 is 48.5 Å². The van der Waals surface area contributed by atoms with E-state index < -0.39 is 10.0 Å². The smallest absolute Gasteiger partial charge is 0.270 e. The van der Waals surface area contributed by atoms with Crippen molar-refractivity contribution in [1.82, 2.24) is 15.1 Å². The van der Waals surface area contributed by atoms with Gasteiger partial charge in [0, 0.05) is 16.9 Å². The molecule has 0 saturated heterocycles. The molecule has 1 saturated carbocycles. The summed E-state index contributed by atoms with van der Waals surface area (Å²) in [6, 6.07) is 11.0. The number of anilines is 1. The lowest BCUT2D eigenvalue weighted by Gasteiger charge is -2.24. The maximum absolute atomic E-state index is 12.8. The Labute approximate surface area is 189 Å². The Hall–Kier alpha value is -2.43. The Morgan fingerprint density at radius 1 is 1.29 bits per heavy atom. The summed E-state index contributed by atoms with van der Waals surface area (Å²) in [6.45, 7) is -0.341. The second-order valence-electron chi connectivity index (χ2n) is 7.58. The lowest BCUT2D eigenvalue weighted by Crippen LogP contribution is -2.33. The normalized spacial score (nSPS) is 14.1. The number of amides is 1. The van der Waals surface area contributed by atoms with Crippen molar-refractivity contribution in [3.63, 3.8) is 0 Å². The lowest BCUT2D eigenvalue weighted by molar-refractivity contribution is 0.0957. The molecule has 2 N–H and O–H groups in total. The van der Waals surface area contributed by atoms with Crippen molar-refractivity contribution in [2.45, 2.75) is 18.8 Å². The van der Waals surface area contributed by atoms with Crippen LogP contribution in [0.5, 0.6) is 0 Å². The zero-order valence-corrected chi connectivity index (χ0v) is 19.6. The number of aliphatic hydroxyl groups is 1. The largest absolute Gasteiger partial charge is 0.394 e.